The number of sulfonamides is 1. The van der Waals surface area contributed by atoms with Crippen molar-refractivity contribution in [1.82, 2.24) is 10.0 Å². The highest BCUT2D eigenvalue weighted by Gasteiger charge is 2.44. The summed E-state index contributed by atoms with van der Waals surface area (Å²) in [5, 5.41) is 8.53. The van der Waals surface area contributed by atoms with Gasteiger partial charge in [0.1, 0.15) is 0 Å². The molecule has 3 aromatic rings. The second-order valence-electron chi connectivity index (χ2n) is 9.12. The predicted octanol–water partition coefficient (Wildman–Crippen LogP) is 3.86. The van der Waals surface area contributed by atoms with Gasteiger partial charge in [-0.3, -0.25) is 4.79 Å². The number of hydrogen-bond donors (Lipinski definition) is 3. The summed E-state index contributed by atoms with van der Waals surface area (Å²) >= 11 is 0. The topological polar surface area (TPSA) is 87.3 Å². The molecule has 1 saturated heterocycles. The van der Waals surface area contributed by atoms with Gasteiger partial charge in [0.15, 0.2) is 0 Å². The van der Waals surface area contributed by atoms with Gasteiger partial charge in [0.2, 0.25) is 15.9 Å². The van der Waals surface area contributed by atoms with Gasteiger partial charge in [-0.1, -0.05) is 42.5 Å². The third-order valence-corrected chi connectivity index (χ3v) is 8.18. The first-order valence-corrected chi connectivity index (χ1v) is 13.1. The minimum Gasteiger partial charge on any atom is -0.326 e. The first-order chi connectivity index (χ1) is 16.0. The van der Waals surface area contributed by atoms with Crippen molar-refractivity contribution in [3.63, 3.8) is 0 Å². The van der Waals surface area contributed by atoms with E-state index in [-0.39, 0.29) is 22.6 Å². The second-order valence-corrected chi connectivity index (χ2v) is 10.9. The van der Waals surface area contributed by atoms with Crippen molar-refractivity contribution in [1.29, 1.82) is 0 Å². The maximum absolute atomic E-state index is 12.8. The Morgan fingerprint density at radius 2 is 1.73 bits per heavy atom. The molecule has 1 aliphatic heterocycles. The molecule has 3 N–H and O–H groups in total. The fraction of sp³-hybridized carbons (Fsp3) is 0.346. The Hall–Kier alpha value is -2.74. The van der Waals surface area contributed by atoms with Crippen molar-refractivity contribution in [2.24, 2.45) is 11.8 Å². The zero-order chi connectivity index (χ0) is 22.8. The number of carbonyl (C=O) groups excluding carboxylic acids is 1. The van der Waals surface area contributed by atoms with Crippen molar-refractivity contribution in [3.05, 3.63) is 72.3 Å². The van der Waals surface area contributed by atoms with Crippen molar-refractivity contribution in [3.8, 4) is 0 Å². The van der Waals surface area contributed by atoms with Gasteiger partial charge in [-0.25, -0.2) is 13.1 Å². The molecule has 6 nitrogen and oxygen atoms in total. The lowest BCUT2D eigenvalue weighted by molar-refractivity contribution is -0.117. The number of benzene rings is 3. The Kier molecular flexibility index (Phi) is 6.19. The van der Waals surface area contributed by atoms with Gasteiger partial charge in [-0.2, -0.15) is 0 Å². The lowest BCUT2D eigenvalue weighted by Crippen LogP contribution is -2.36. The number of fused-ring (bicyclic) bond motifs is 1. The molecule has 0 unspecified atom stereocenters. The summed E-state index contributed by atoms with van der Waals surface area (Å²) in [5.41, 5.74) is 1.68. The summed E-state index contributed by atoms with van der Waals surface area (Å²) < 4.78 is 28.4. The van der Waals surface area contributed by atoms with Crippen LogP contribution in [0.2, 0.25) is 0 Å². The number of hydrogen-bond acceptors (Lipinski definition) is 4. The van der Waals surface area contributed by atoms with Crippen LogP contribution in [0.4, 0.5) is 5.69 Å². The van der Waals surface area contributed by atoms with E-state index in [1.807, 2.05) is 48.5 Å². The molecule has 0 bridgehead atoms. The van der Waals surface area contributed by atoms with E-state index in [0.29, 0.717) is 12.5 Å². The van der Waals surface area contributed by atoms with E-state index < -0.39 is 10.0 Å². The Labute approximate surface area is 194 Å². The van der Waals surface area contributed by atoms with Gasteiger partial charge in [0.05, 0.1) is 4.90 Å². The summed E-state index contributed by atoms with van der Waals surface area (Å²) in [6.07, 6.45) is 2.70. The fourth-order valence-corrected chi connectivity index (χ4v) is 5.84. The SMILES string of the molecule is O=C(Nc1ccc2ccccc2c1)[C@@H]1C[C@H]1c1cccc(S(=O)(=O)NCC2CCNCC2)c1. The average molecular weight is 464 g/mol. The fourth-order valence-electron chi connectivity index (χ4n) is 4.66. The van der Waals surface area contributed by atoms with Gasteiger partial charge in [-0.05, 0) is 84.8 Å². The maximum atomic E-state index is 12.8. The van der Waals surface area contributed by atoms with Crippen LogP contribution < -0.4 is 15.4 Å². The third-order valence-electron chi connectivity index (χ3n) is 6.76. The normalized spacial score (nSPS) is 21.1. The maximum Gasteiger partial charge on any atom is 0.240 e. The molecule has 0 radical (unpaired) electrons. The molecule has 33 heavy (non-hydrogen) atoms. The molecular weight excluding hydrogens is 434 g/mol. The molecule has 172 valence electrons. The molecule has 1 heterocycles. The minimum atomic E-state index is -3.57. The Morgan fingerprint density at radius 3 is 2.55 bits per heavy atom. The third kappa shape index (κ3) is 5.11. The molecule has 1 amide bonds. The standard InChI is InChI=1S/C26H29N3O3S/c30-26(29-22-9-8-19-4-1-2-5-20(19)14-22)25-16-24(25)21-6-3-7-23(15-21)33(31,32)28-17-18-10-12-27-13-11-18/h1-9,14-15,18,24-25,27-28H,10-13,16-17H2,(H,29,30)/t24-,25+/m0/s1. The van der Waals surface area contributed by atoms with Crippen molar-refractivity contribution < 1.29 is 13.2 Å². The average Bonchev–Trinajstić information content (AvgIpc) is 3.65. The number of anilines is 1. The second kappa shape index (κ2) is 9.25. The molecular formula is C26H29N3O3S. The largest absolute Gasteiger partial charge is 0.326 e. The van der Waals surface area contributed by atoms with Gasteiger partial charge in [-0.15, -0.1) is 0 Å². The number of nitrogens with one attached hydrogen (secondary N) is 3. The van der Waals surface area contributed by atoms with E-state index in [9.17, 15) is 13.2 Å². The molecule has 5 rings (SSSR count). The van der Waals surface area contributed by atoms with E-state index in [4.69, 9.17) is 0 Å². The summed E-state index contributed by atoms with van der Waals surface area (Å²) in [7, 11) is -3.57. The molecule has 0 spiro atoms. The van der Waals surface area contributed by atoms with Gasteiger partial charge >= 0.3 is 0 Å². The lowest BCUT2D eigenvalue weighted by Gasteiger charge is -2.22. The zero-order valence-corrected chi connectivity index (χ0v) is 19.3. The first kappa shape index (κ1) is 22.1. The summed E-state index contributed by atoms with van der Waals surface area (Å²) in [6, 6.07) is 21.0. The molecule has 3 aromatic carbocycles. The highest BCUT2D eigenvalue weighted by molar-refractivity contribution is 7.89. The van der Waals surface area contributed by atoms with Crippen molar-refractivity contribution in [2.75, 3.05) is 25.0 Å². The molecule has 2 atom stereocenters. The van der Waals surface area contributed by atoms with Crippen LogP contribution in [-0.2, 0) is 14.8 Å². The summed E-state index contributed by atoms with van der Waals surface area (Å²) in [6.45, 7) is 2.34. The summed E-state index contributed by atoms with van der Waals surface area (Å²) in [5.74, 6) is 0.255. The molecule has 1 aliphatic carbocycles. The van der Waals surface area contributed by atoms with Crippen LogP contribution >= 0.6 is 0 Å². The first-order valence-electron chi connectivity index (χ1n) is 11.6. The van der Waals surface area contributed by atoms with Crippen LogP contribution in [0.25, 0.3) is 10.8 Å². The van der Waals surface area contributed by atoms with Crippen LogP contribution in [0.1, 0.15) is 30.7 Å². The van der Waals surface area contributed by atoms with Crippen LogP contribution in [-0.4, -0.2) is 34.0 Å². The van der Waals surface area contributed by atoms with Crippen molar-refractivity contribution >= 4 is 32.4 Å². The van der Waals surface area contributed by atoms with E-state index in [2.05, 4.69) is 15.4 Å². The number of amides is 1. The smallest absolute Gasteiger partial charge is 0.240 e. The zero-order valence-electron chi connectivity index (χ0n) is 18.5. The molecule has 1 saturated carbocycles. The monoisotopic (exact) mass is 463 g/mol. The highest BCUT2D eigenvalue weighted by Crippen LogP contribution is 2.48. The van der Waals surface area contributed by atoms with Crippen molar-refractivity contribution in [2.45, 2.75) is 30.1 Å². The van der Waals surface area contributed by atoms with Crippen LogP contribution in [0.5, 0.6) is 0 Å². The predicted molar refractivity (Wildman–Crippen MR) is 131 cm³/mol. The number of piperidine rings is 1. The van der Waals surface area contributed by atoms with Crippen LogP contribution in [0.3, 0.4) is 0 Å². The van der Waals surface area contributed by atoms with Crippen LogP contribution in [0.15, 0.2) is 71.6 Å². The number of carbonyl (C=O) groups is 1. The van der Waals surface area contributed by atoms with E-state index in [1.54, 1.807) is 18.2 Å². The van der Waals surface area contributed by atoms with E-state index in [1.165, 1.54) is 0 Å². The van der Waals surface area contributed by atoms with Gasteiger partial charge < -0.3 is 10.6 Å². The number of rotatable bonds is 7. The quantitative estimate of drug-likeness (QED) is 0.497. The van der Waals surface area contributed by atoms with E-state index in [0.717, 1.165) is 54.4 Å². The Morgan fingerprint density at radius 1 is 0.939 bits per heavy atom. The Bertz CT molecular complexity index is 1270. The van der Waals surface area contributed by atoms with Gasteiger partial charge in [0, 0.05) is 18.2 Å². The Balaban J connectivity index is 1.22. The molecule has 2 aliphatic rings. The molecule has 2 fully saturated rings. The molecule has 7 heteroatoms. The summed E-state index contributed by atoms with van der Waals surface area (Å²) in [4.78, 5) is 13.1. The highest BCUT2D eigenvalue weighted by atomic mass is 32.2. The minimum absolute atomic E-state index is 0.0208. The van der Waals surface area contributed by atoms with Crippen LogP contribution in [0, 0.1) is 11.8 Å². The van der Waals surface area contributed by atoms with Gasteiger partial charge in [0.25, 0.3) is 0 Å². The lowest BCUT2D eigenvalue weighted by atomic mass is 9.99. The molecule has 0 aromatic heterocycles. The van der Waals surface area contributed by atoms with E-state index >= 15 is 0 Å².